The van der Waals surface area contributed by atoms with E-state index in [1.165, 1.54) is 21.8 Å². The minimum absolute atomic E-state index is 0.0394. The molecular formula is C52H64F3N11O7S. The summed E-state index contributed by atoms with van der Waals surface area (Å²) in [6, 6.07) is 14.6. The summed E-state index contributed by atoms with van der Waals surface area (Å²) in [5, 5.41) is 40.4. The lowest BCUT2D eigenvalue weighted by molar-refractivity contribution is -0.147. The Labute approximate surface area is 432 Å². The predicted octanol–water partition coefficient (Wildman–Crippen LogP) is 6.05. The minimum Gasteiger partial charge on any atom is -0.494 e. The number of alkyl halides is 3. The van der Waals surface area contributed by atoms with Crippen LogP contribution in [0.15, 0.2) is 59.1 Å². The number of hydrogen-bond acceptors (Lipinski definition) is 14. The van der Waals surface area contributed by atoms with Crippen molar-refractivity contribution in [2.24, 2.45) is 15.9 Å². The first-order valence-electron chi connectivity index (χ1n) is 25.3. The van der Waals surface area contributed by atoms with Gasteiger partial charge in [-0.15, -0.1) is 21.5 Å². The number of likely N-dealkylation sites (tertiary alicyclic amines) is 2. The number of benzene rings is 2. The predicted molar refractivity (Wildman–Crippen MR) is 267 cm³/mol. The number of hydrogen-bond donors (Lipinski definition) is 4. The lowest BCUT2D eigenvalue weighted by atomic mass is 9.85. The van der Waals surface area contributed by atoms with Crippen LogP contribution in [0.3, 0.4) is 0 Å². The zero-order chi connectivity index (χ0) is 52.8. The number of nitrogens with one attached hydrogen (secondary N) is 3. The Morgan fingerprint density at radius 2 is 1.68 bits per heavy atom. The highest BCUT2D eigenvalue weighted by molar-refractivity contribution is 7.13. The van der Waals surface area contributed by atoms with Crippen LogP contribution in [0.5, 0.6) is 5.75 Å². The number of amides is 4. The van der Waals surface area contributed by atoms with E-state index in [-0.39, 0.29) is 44.3 Å². The van der Waals surface area contributed by atoms with Gasteiger partial charge in [-0.2, -0.15) is 28.2 Å². The molecular weight excluding hydrogens is 980 g/mol. The molecule has 396 valence electrons. The molecule has 4 aliphatic rings. The highest BCUT2D eigenvalue weighted by atomic mass is 32.1. The maximum Gasteiger partial charge on any atom is 0.453 e. The van der Waals surface area contributed by atoms with Gasteiger partial charge in [0.2, 0.25) is 23.6 Å². The van der Waals surface area contributed by atoms with E-state index >= 15 is 0 Å². The quantitative estimate of drug-likeness (QED) is 0.0787. The number of aromatic nitrogens is 4. The van der Waals surface area contributed by atoms with Crippen molar-refractivity contribution >= 4 is 40.8 Å². The summed E-state index contributed by atoms with van der Waals surface area (Å²) in [6.07, 6.45) is -0.932. The average molecular weight is 1040 g/mol. The number of amidine groups is 1. The maximum atomic E-state index is 14.2. The fourth-order valence-corrected chi connectivity index (χ4v) is 10.5. The van der Waals surface area contributed by atoms with Gasteiger partial charge in [-0.05, 0) is 85.6 Å². The van der Waals surface area contributed by atoms with Crippen LogP contribution in [0.2, 0.25) is 0 Å². The lowest BCUT2D eigenvalue weighted by Crippen LogP contribution is -2.58. The molecule has 1 unspecified atom stereocenters. The highest BCUT2D eigenvalue weighted by Gasteiger charge is 2.53. The highest BCUT2D eigenvalue weighted by Crippen LogP contribution is 2.45. The second-order valence-corrected chi connectivity index (χ2v) is 21.5. The Hall–Kier alpha value is -6.44. The number of aliphatic hydroxyl groups excluding tert-OH is 1. The average Bonchev–Trinajstić information content (AvgIpc) is 3.61. The van der Waals surface area contributed by atoms with Gasteiger partial charge in [0.15, 0.2) is 5.82 Å². The molecule has 4 amide bonds. The molecule has 3 aliphatic heterocycles. The molecule has 8 rings (SSSR count). The van der Waals surface area contributed by atoms with Crippen molar-refractivity contribution in [1.82, 2.24) is 45.6 Å². The fourth-order valence-electron chi connectivity index (χ4n) is 9.66. The Kier molecular flexibility index (Phi) is 16.7. The van der Waals surface area contributed by atoms with Crippen LogP contribution in [0.1, 0.15) is 119 Å². The van der Waals surface area contributed by atoms with Crippen LogP contribution >= 0.6 is 11.3 Å². The smallest absolute Gasteiger partial charge is 0.453 e. The normalized spacial score (nSPS) is 19.4. The second-order valence-electron chi connectivity index (χ2n) is 20.6. The third-order valence-electron chi connectivity index (χ3n) is 14.2. The summed E-state index contributed by atoms with van der Waals surface area (Å²) in [7, 11) is 0. The molecule has 1 saturated carbocycles. The monoisotopic (exact) mass is 1040 g/mol. The number of nitrogens with zero attached hydrogens (tertiary/aromatic N) is 8. The largest absolute Gasteiger partial charge is 0.494 e. The summed E-state index contributed by atoms with van der Waals surface area (Å²) in [5.41, 5.74) is 3.47. The van der Waals surface area contributed by atoms with Crippen LogP contribution in [0.25, 0.3) is 10.4 Å². The molecule has 22 heteroatoms. The third-order valence-corrected chi connectivity index (χ3v) is 15.1. The van der Waals surface area contributed by atoms with Gasteiger partial charge in [0.25, 0.3) is 5.82 Å². The molecule has 74 heavy (non-hydrogen) atoms. The van der Waals surface area contributed by atoms with Crippen molar-refractivity contribution in [3.8, 4) is 22.3 Å². The number of thiazole rings is 1. The molecule has 1 aliphatic carbocycles. The SMILES string of the molecule is Cc1ncsc1-c1ccc([C@H](CC(=O)NCCOCCCCOc2ccc(C3CCN(C4=Nn5c(nnc5C(F)(F)F)CC4)CC3)cc2)NC(=O)C2C[C@@H](O)CN2C(=O)[C@@H](NC(=O)C2(C#N)CC2)C(C)(C)C)cc1. The van der Waals surface area contributed by atoms with Crippen molar-refractivity contribution in [3.63, 3.8) is 0 Å². The molecule has 5 heterocycles. The van der Waals surface area contributed by atoms with E-state index in [1.807, 2.05) is 43.3 Å². The van der Waals surface area contributed by atoms with Gasteiger partial charge >= 0.3 is 6.18 Å². The summed E-state index contributed by atoms with van der Waals surface area (Å²) in [4.78, 5) is 63.7. The van der Waals surface area contributed by atoms with Crippen LogP contribution < -0.4 is 20.7 Å². The van der Waals surface area contributed by atoms with E-state index in [0.29, 0.717) is 69.3 Å². The van der Waals surface area contributed by atoms with Crippen molar-refractivity contribution in [3.05, 3.63) is 82.5 Å². The summed E-state index contributed by atoms with van der Waals surface area (Å²) in [6.45, 7) is 9.97. The molecule has 4 atom stereocenters. The topological polar surface area (TPSA) is 229 Å². The number of aryl methyl sites for hydroxylation is 2. The van der Waals surface area contributed by atoms with E-state index in [2.05, 4.69) is 59.3 Å². The number of carbonyl (C=O) groups is 4. The fraction of sp³-hybridized carbons (Fsp3) is 0.558. The summed E-state index contributed by atoms with van der Waals surface area (Å²) < 4.78 is 52.8. The zero-order valence-electron chi connectivity index (χ0n) is 42.1. The van der Waals surface area contributed by atoms with Crippen LogP contribution in [0, 0.1) is 29.1 Å². The van der Waals surface area contributed by atoms with Crippen LogP contribution in [-0.2, 0) is 36.5 Å². The molecule has 0 spiro atoms. The van der Waals surface area contributed by atoms with Crippen molar-refractivity contribution in [1.29, 1.82) is 5.26 Å². The number of nitriles is 1. The molecule has 0 bridgehead atoms. The van der Waals surface area contributed by atoms with Gasteiger partial charge in [-0.3, -0.25) is 19.2 Å². The number of unbranched alkanes of at least 4 members (excludes halogenated alkanes) is 1. The van der Waals surface area contributed by atoms with E-state index in [4.69, 9.17) is 9.47 Å². The van der Waals surface area contributed by atoms with Crippen molar-refractivity contribution in [2.75, 3.05) is 46.0 Å². The van der Waals surface area contributed by atoms with Crippen LogP contribution in [-0.4, -0.2) is 128 Å². The first kappa shape index (κ1) is 53.8. The van der Waals surface area contributed by atoms with Gasteiger partial charge in [-0.1, -0.05) is 57.2 Å². The first-order chi connectivity index (χ1) is 35.3. The van der Waals surface area contributed by atoms with Crippen LogP contribution in [0.4, 0.5) is 13.2 Å². The molecule has 4 aromatic rings. The van der Waals surface area contributed by atoms with Crippen molar-refractivity contribution in [2.45, 2.75) is 128 Å². The van der Waals surface area contributed by atoms with E-state index in [1.54, 1.807) is 26.3 Å². The Bertz CT molecular complexity index is 2700. The van der Waals surface area contributed by atoms with Crippen molar-refractivity contribution < 1.29 is 46.9 Å². The zero-order valence-corrected chi connectivity index (χ0v) is 42.9. The molecule has 0 radical (unpaired) electrons. The lowest BCUT2D eigenvalue weighted by Gasteiger charge is -2.36. The number of ether oxygens (including phenoxy) is 2. The number of aliphatic hydroxyl groups is 1. The molecule has 3 fully saturated rings. The molecule has 2 saturated heterocycles. The van der Waals surface area contributed by atoms with Gasteiger partial charge in [-0.25, -0.2) is 4.98 Å². The molecule has 2 aromatic heterocycles. The maximum absolute atomic E-state index is 14.2. The second kappa shape index (κ2) is 23.0. The standard InChI is InChI=1S/C52H64F3N11O7S/c1-32-44(74-31-58-32)36-9-7-35(8-10-36)39(59-46(69)40-27-37(67)29-65(40)47(70)45(50(2,3)4)60-49(71)51(30-56)19-20-51)28-43(68)57-21-26-72-24-5-6-25-73-38-13-11-33(12-14-38)34-17-22-64(23-18-34)42-16-15-41-61-62-48(52(53,54)55)66(41)63-42/h7-14,31,34,37,39-40,45,67H,5-6,15-29H2,1-4H3,(H,57,68)(H,59,69)(H,60,71)/t37-,39+,40?,45-/m1/s1. The summed E-state index contributed by atoms with van der Waals surface area (Å²) in [5.74, 6) is -1.14. The molecule has 18 nitrogen and oxygen atoms in total. The molecule has 2 aromatic carbocycles. The van der Waals surface area contributed by atoms with Gasteiger partial charge < -0.3 is 40.3 Å². The Morgan fingerprint density at radius 1 is 0.959 bits per heavy atom. The Balaban J connectivity index is 0.772. The number of carbonyl (C=O) groups excluding carboxylic acids is 4. The third kappa shape index (κ3) is 12.9. The first-order valence-corrected chi connectivity index (χ1v) is 26.1. The number of rotatable bonds is 19. The van der Waals surface area contributed by atoms with E-state index in [0.717, 1.165) is 52.2 Å². The number of piperidine rings is 1. The van der Waals surface area contributed by atoms with E-state index < -0.39 is 64.8 Å². The molecule has 4 N–H and O–H groups in total. The van der Waals surface area contributed by atoms with E-state index in [9.17, 15) is 42.7 Å². The van der Waals surface area contributed by atoms with Gasteiger partial charge in [0, 0.05) is 52.0 Å². The summed E-state index contributed by atoms with van der Waals surface area (Å²) >= 11 is 1.51. The number of fused-ring (bicyclic) bond motifs is 1. The Morgan fingerprint density at radius 3 is 2.32 bits per heavy atom. The van der Waals surface area contributed by atoms with Gasteiger partial charge in [0.1, 0.15) is 29.1 Å². The number of β-amino-alcohol motifs (C(OH)–C–C–N with tert-alkyl or cyclic N) is 1. The van der Waals surface area contributed by atoms with Gasteiger partial charge in [0.05, 0.1) is 53.9 Å². The minimum atomic E-state index is -4.63. The number of halogens is 3.